The summed E-state index contributed by atoms with van der Waals surface area (Å²) >= 11 is 11.7. The van der Waals surface area contributed by atoms with E-state index in [4.69, 9.17) is 23.2 Å². The predicted molar refractivity (Wildman–Crippen MR) is 84.1 cm³/mol. The van der Waals surface area contributed by atoms with Crippen molar-refractivity contribution in [3.05, 3.63) is 27.7 Å². The highest BCUT2D eigenvalue weighted by atomic mass is 35.5. The Labute approximate surface area is 133 Å². The summed E-state index contributed by atoms with van der Waals surface area (Å²) in [5.41, 5.74) is 2.84. The fourth-order valence-electron chi connectivity index (χ4n) is 2.33. The number of likely N-dealkylation sites (tertiary alicyclic amines) is 1. The summed E-state index contributed by atoms with van der Waals surface area (Å²) in [6.07, 6.45) is 4.30. The molecule has 1 aliphatic heterocycles. The van der Waals surface area contributed by atoms with E-state index < -0.39 is 0 Å². The van der Waals surface area contributed by atoms with E-state index in [2.05, 4.69) is 10.5 Å². The number of aromatic hydroxyl groups is 1. The summed E-state index contributed by atoms with van der Waals surface area (Å²) in [5.74, 6) is -0.269. The van der Waals surface area contributed by atoms with Crippen molar-refractivity contribution >= 4 is 35.3 Å². The number of hydrazone groups is 1. The lowest BCUT2D eigenvalue weighted by Gasteiger charge is -2.30. The summed E-state index contributed by atoms with van der Waals surface area (Å²) < 4.78 is 0. The lowest BCUT2D eigenvalue weighted by molar-refractivity contribution is -0.126. The number of hydrogen-bond acceptors (Lipinski definition) is 4. The maximum atomic E-state index is 12.0. The molecule has 1 aromatic rings. The largest absolute Gasteiger partial charge is 0.506 e. The van der Waals surface area contributed by atoms with E-state index in [0.717, 1.165) is 25.8 Å². The Hall–Kier alpha value is -1.30. The number of nitrogens with zero attached hydrogens (tertiary/aromatic N) is 2. The first kappa shape index (κ1) is 16.1. The number of hydrogen-bond donors (Lipinski definition) is 2. The van der Waals surface area contributed by atoms with E-state index in [1.165, 1.54) is 18.3 Å². The molecule has 5 nitrogen and oxygen atoms in total. The summed E-state index contributed by atoms with van der Waals surface area (Å²) in [5, 5.41) is 14.2. The van der Waals surface area contributed by atoms with Gasteiger partial charge in [-0.05, 0) is 38.6 Å². The number of amides is 1. The molecule has 1 fully saturated rings. The van der Waals surface area contributed by atoms with Crippen molar-refractivity contribution in [3.63, 3.8) is 0 Å². The van der Waals surface area contributed by atoms with Crippen LogP contribution in [-0.4, -0.2) is 41.8 Å². The third-order valence-electron chi connectivity index (χ3n) is 3.51. The van der Waals surface area contributed by atoms with Gasteiger partial charge in [0.05, 0.1) is 17.3 Å². The van der Waals surface area contributed by atoms with Crippen LogP contribution < -0.4 is 5.43 Å². The van der Waals surface area contributed by atoms with Crippen LogP contribution in [0.5, 0.6) is 5.75 Å². The molecule has 1 aliphatic rings. The van der Waals surface area contributed by atoms with Gasteiger partial charge >= 0.3 is 0 Å². The second-order valence-electron chi connectivity index (χ2n) is 5.05. The van der Waals surface area contributed by atoms with Crippen LogP contribution >= 0.6 is 23.2 Å². The second kappa shape index (κ2) is 7.11. The zero-order valence-electron chi connectivity index (χ0n) is 11.6. The van der Waals surface area contributed by atoms with Crippen LogP contribution in [0.1, 0.15) is 24.8 Å². The smallest absolute Gasteiger partial charge is 0.257 e. The first-order chi connectivity index (χ1) is 9.99. The van der Waals surface area contributed by atoms with Crippen molar-refractivity contribution in [2.24, 2.45) is 5.10 Å². The first-order valence-corrected chi connectivity index (χ1v) is 7.46. The molecule has 0 aromatic heterocycles. The molecule has 1 saturated heterocycles. The fraction of sp³-hybridized carbons (Fsp3) is 0.429. The average molecular weight is 330 g/mol. The van der Waals surface area contributed by atoms with Crippen molar-refractivity contribution in [3.8, 4) is 5.75 Å². The van der Waals surface area contributed by atoms with Crippen LogP contribution in [0.2, 0.25) is 10.0 Å². The molecule has 1 amide bonds. The molecule has 0 aliphatic carbocycles. The third-order valence-corrected chi connectivity index (χ3v) is 4.02. The number of phenols is 1. The number of phenolic OH excluding ortho intramolecular Hbond substituents is 1. The number of carbonyl (C=O) groups excluding carboxylic acids is 1. The zero-order valence-corrected chi connectivity index (χ0v) is 13.2. The van der Waals surface area contributed by atoms with Crippen molar-refractivity contribution in [1.82, 2.24) is 10.3 Å². The van der Waals surface area contributed by atoms with Crippen LogP contribution in [-0.2, 0) is 4.79 Å². The van der Waals surface area contributed by atoms with Gasteiger partial charge in [-0.15, -0.1) is 0 Å². The van der Waals surface area contributed by atoms with Crippen LogP contribution in [0, 0.1) is 0 Å². The number of benzene rings is 1. The van der Waals surface area contributed by atoms with Crippen molar-refractivity contribution < 1.29 is 9.90 Å². The predicted octanol–water partition coefficient (Wildman–Crippen LogP) is 2.63. The van der Waals surface area contributed by atoms with Gasteiger partial charge in [-0.2, -0.15) is 5.10 Å². The minimum absolute atomic E-state index is 0.117. The summed E-state index contributed by atoms with van der Waals surface area (Å²) in [6.45, 7) is 0.909. The summed E-state index contributed by atoms with van der Waals surface area (Å²) in [6, 6.07) is 2.80. The van der Waals surface area contributed by atoms with Gasteiger partial charge in [0.2, 0.25) is 0 Å². The van der Waals surface area contributed by atoms with Gasteiger partial charge in [0.25, 0.3) is 5.91 Å². The monoisotopic (exact) mass is 329 g/mol. The number of nitrogens with one attached hydrogen (secondary N) is 1. The minimum Gasteiger partial charge on any atom is -0.506 e. The Kier molecular flexibility index (Phi) is 5.45. The minimum atomic E-state index is -0.160. The molecule has 0 spiro atoms. The molecular weight excluding hydrogens is 313 g/mol. The van der Waals surface area contributed by atoms with Crippen LogP contribution in [0.3, 0.4) is 0 Å². The van der Waals surface area contributed by atoms with E-state index in [1.54, 1.807) is 0 Å². The molecule has 1 atom stereocenters. The topological polar surface area (TPSA) is 64.9 Å². The lowest BCUT2D eigenvalue weighted by Crippen LogP contribution is -2.46. The molecule has 0 bridgehead atoms. The molecule has 7 heteroatoms. The van der Waals surface area contributed by atoms with Crippen LogP contribution in [0.4, 0.5) is 0 Å². The molecule has 1 unspecified atom stereocenters. The van der Waals surface area contributed by atoms with Gasteiger partial charge in [-0.3, -0.25) is 9.69 Å². The molecular formula is C14H17Cl2N3O2. The molecule has 1 heterocycles. The molecule has 1 aromatic carbocycles. The average Bonchev–Trinajstić information content (AvgIpc) is 2.44. The zero-order chi connectivity index (χ0) is 15.4. The highest BCUT2D eigenvalue weighted by molar-refractivity contribution is 6.36. The molecule has 114 valence electrons. The maximum Gasteiger partial charge on any atom is 0.257 e. The maximum absolute atomic E-state index is 12.0. The highest BCUT2D eigenvalue weighted by Gasteiger charge is 2.25. The van der Waals surface area contributed by atoms with Gasteiger partial charge in [-0.25, -0.2) is 5.43 Å². The van der Waals surface area contributed by atoms with Crippen molar-refractivity contribution in [2.45, 2.75) is 25.3 Å². The highest BCUT2D eigenvalue weighted by Crippen LogP contribution is 2.29. The Morgan fingerprint density at radius 1 is 1.48 bits per heavy atom. The SMILES string of the molecule is CN1CCCCC1C(=O)N/N=C/c1cc(Cl)cc(Cl)c1O. The van der Waals surface area contributed by atoms with Crippen LogP contribution in [0.25, 0.3) is 0 Å². The molecule has 2 N–H and O–H groups in total. The molecule has 0 saturated carbocycles. The fourth-order valence-corrected chi connectivity index (χ4v) is 2.84. The summed E-state index contributed by atoms with van der Waals surface area (Å²) in [7, 11) is 1.93. The first-order valence-electron chi connectivity index (χ1n) is 6.70. The van der Waals surface area contributed by atoms with Crippen molar-refractivity contribution in [2.75, 3.05) is 13.6 Å². The molecule has 21 heavy (non-hydrogen) atoms. The van der Waals surface area contributed by atoms with E-state index in [-0.39, 0.29) is 22.7 Å². The summed E-state index contributed by atoms with van der Waals surface area (Å²) in [4.78, 5) is 14.1. The van der Waals surface area contributed by atoms with Gasteiger partial charge in [0, 0.05) is 10.6 Å². The van der Waals surface area contributed by atoms with E-state index in [0.29, 0.717) is 10.6 Å². The van der Waals surface area contributed by atoms with E-state index in [1.807, 2.05) is 11.9 Å². The quantitative estimate of drug-likeness (QED) is 0.661. The molecule has 0 radical (unpaired) electrons. The van der Waals surface area contributed by atoms with Gasteiger partial charge in [0.15, 0.2) is 0 Å². The van der Waals surface area contributed by atoms with Crippen LogP contribution in [0.15, 0.2) is 17.2 Å². The number of carbonyl (C=O) groups is 1. The van der Waals surface area contributed by atoms with E-state index in [9.17, 15) is 9.90 Å². The number of rotatable bonds is 3. The standard InChI is InChI=1S/C14H17Cl2N3O2/c1-19-5-3-2-4-12(19)14(21)18-17-8-9-6-10(15)7-11(16)13(9)20/h6-8,12,20H,2-5H2,1H3,(H,18,21)/b17-8+. The Morgan fingerprint density at radius 2 is 2.24 bits per heavy atom. The normalized spacial score (nSPS) is 19.9. The lowest BCUT2D eigenvalue weighted by atomic mass is 10.0. The van der Waals surface area contributed by atoms with Crippen molar-refractivity contribution in [1.29, 1.82) is 0 Å². The number of piperidine rings is 1. The second-order valence-corrected chi connectivity index (χ2v) is 5.90. The Balaban J connectivity index is 2.00. The molecule has 2 rings (SSSR count). The number of likely N-dealkylation sites (N-methyl/N-ethyl adjacent to an activating group) is 1. The Morgan fingerprint density at radius 3 is 2.95 bits per heavy atom. The van der Waals surface area contributed by atoms with Gasteiger partial charge < -0.3 is 5.11 Å². The van der Waals surface area contributed by atoms with Gasteiger partial charge in [0.1, 0.15) is 5.75 Å². The Bertz CT molecular complexity index is 563. The third kappa shape index (κ3) is 4.09. The van der Waals surface area contributed by atoms with Gasteiger partial charge in [-0.1, -0.05) is 29.6 Å². The van der Waals surface area contributed by atoms with E-state index >= 15 is 0 Å². The number of halogens is 2.